The molecule has 0 saturated heterocycles. The van der Waals surface area contributed by atoms with E-state index in [9.17, 15) is 0 Å². The summed E-state index contributed by atoms with van der Waals surface area (Å²) in [7, 11) is 6.45. The van der Waals surface area contributed by atoms with Gasteiger partial charge in [0, 0.05) is 12.6 Å². The Morgan fingerprint density at radius 2 is 1.71 bits per heavy atom. The van der Waals surface area contributed by atoms with Gasteiger partial charge in [-0.1, -0.05) is 25.7 Å². The highest BCUT2D eigenvalue weighted by molar-refractivity contribution is 4.79. The van der Waals surface area contributed by atoms with Crippen molar-refractivity contribution in [2.24, 2.45) is 5.92 Å². The molecule has 0 heterocycles. The second-order valence-electron chi connectivity index (χ2n) is 4.91. The molecule has 1 saturated carbocycles. The lowest BCUT2D eigenvalue weighted by molar-refractivity contribution is 0.260. The number of hydrogen-bond donors (Lipinski definition) is 1. The van der Waals surface area contributed by atoms with Crippen molar-refractivity contribution in [3.8, 4) is 0 Å². The molecule has 14 heavy (non-hydrogen) atoms. The van der Waals surface area contributed by atoms with Crippen LogP contribution >= 0.6 is 0 Å². The van der Waals surface area contributed by atoms with Crippen LogP contribution in [-0.2, 0) is 0 Å². The Labute approximate surface area is 89.1 Å². The van der Waals surface area contributed by atoms with Gasteiger partial charge in [0.2, 0.25) is 0 Å². The van der Waals surface area contributed by atoms with E-state index < -0.39 is 0 Å². The highest BCUT2D eigenvalue weighted by atomic mass is 15.1. The fourth-order valence-corrected chi connectivity index (χ4v) is 2.58. The molecule has 2 nitrogen and oxygen atoms in total. The lowest BCUT2D eigenvalue weighted by Gasteiger charge is -2.28. The molecule has 84 valence electrons. The molecule has 1 aliphatic carbocycles. The summed E-state index contributed by atoms with van der Waals surface area (Å²) in [5, 5.41) is 3.49. The van der Waals surface area contributed by atoms with E-state index in [-0.39, 0.29) is 0 Å². The number of hydrogen-bond acceptors (Lipinski definition) is 2. The molecule has 1 rings (SSSR count). The van der Waals surface area contributed by atoms with Crippen LogP contribution in [0.1, 0.15) is 38.5 Å². The molecule has 1 fully saturated rings. The first-order valence-corrected chi connectivity index (χ1v) is 6.06. The summed E-state index contributed by atoms with van der Waals surface area (Å²) >= 11 is 0. The van der Waals surface area contributed by atoms with Crippen LogP contribution in [-0.4, -0.2) is 38.6 Å². The average Bonchev–Trinajstić information content (AvgIpc) is 2.41. The maximum absolute atomic E-state index is 3.49. The second kappa shape index (κ2) is 6.41. The maximum atomic E-state index is 3.49. The Morgan fingerprint density at radius 3 is 2.14 bits per heavy atom. The van der Waals surface area contributed by atoms with Gasteiger partial charge >= 0.3 is 0 Å². The van der Waals surface area contributed by atoms with E-state index in [4.69, 9.17) is 0 Å². The van der Waals surface area contributed by atoms with E-state index in [0.29, 0.717) is 6.04 Å². The summed E-state index contributed by atoms with van der Waals surface area (Å²) in [6.45, 7) is 1.18. The van der Waals surface area contributed by atoms with Crippen molar-refractivity contribution in [3.05, 3.63) is 0 Å². The predicted molar refractivity (Wildman–Crippen MR) is 62.6 cm³/mol. The summed E-state index contributed by atoms with van der Waals surface area (Å²) in [6.07, 6.45) is 8.65. The van der Waals surface area contributed by atoms with Crippen molar-refractivity contribution >= 4 is 0 Å². The summed E-state index contributed by atoms with van der Waals surface area (Å²) in [4.78, 5) is 2.30. The standard InChI is InChI=1S/C12H26N2/c1-13-12(10-14(2)3)11-8-6-4-5-7-9-11/h11-13H,4-10H2,1-3H3. The smallest absolute Gasteiger partial charge is 0.0219 e. The van der Waals surface area contributed by atoms with Gasteiger partial charge in [-0.2, -0.15) is 0 Å². The third-order valence-electron chi connectivity index (χ3n) is 3.40. The Morgan fingerprint density at radius 1 is 1.14 bits per heavy atom. The van der Waals surface area contributed by atoms with Crippen LogP contribution in [0.3, 0.4) is 0 Å². The zero-order valence-electron chi connectivity index (χ0n) is 10.1. The van der Waals surface area contributed by atoms with Gasteiger partial charge < -0.3 is 10.2 Å². The first-order valence-electron chi connectivity index (χ1n) is 6.06. The minimum absolute atomic E-state index is 0.697. The Hall–Kier alpha value is -0.0800. The maximum Gasteiger partial charge on any atom is 0.0219 e. The molecule has 0 aromatic rings. The van der Waals surface area contributed by atoms with Crippen LogP contribution in [0.25, 0.3) is 0 Å². The quantitative estimate of drug-likeness (QED) is 0.696. The molecule has 0 bridgehead atoms. The molecule has 1 atom stereocenters. The summed E-state index contributed by atoms with van der Waals surface area (Å²) in [5.41, 5.74) is 0. The fourth-order valence-electron chi connectivity index (χ4n) is 2.58. The van der Waals surface area contributed by atoms with Crippen molar-refractivity contribution in [2.45, 2.75) is 44.6 Å². The van der Waals surface area contributed by atoms with Crippen LogP contribution < -0.4 is 5.32 Å². The summed E-state index contributed by atoms with van der Waals surface area (Å²) in [6, 6.07) is 0.697. The van der Waals surface area contributed by atoms with Crippen LogP contribution in [0.2, 0.25) is 0 Å². The molecule has 0 radical (unpaired) electrons. The molecule has 0 aliphatic heterocycles. The van der Waals surface area contributed by atoms with Crippen molar-refractivity contribution in [3.63, 3.8) is 0 Å². The normalized spacial score (nSPS) is 22.3. The second-order valence-corrected chi connectivity index (χ2v) is 4.91. The first kappa shape index (κ1) is 12.0. The van der Waals surface area contributed by atoms with Crippen LogP contribution in [0.5, 0.6) is 0 Å². The molecule has 0 spiro atoms. The number of rotatable bonds is 4. The molecular weight excluding hydrogens is 172 g/mol. The molecule has 0 amide bonds. The summed E-state index contributed by atoms with van der Waals surface area (Å²) < 4.78 is 0. The van der Waals surface area contributed by atoms with Crippen LogP contribution in [0, 0.1) is 5.92 Å². The minimum Gasteiger partial charge on any atom is -0.315 e. The van der Waals surface area contributed by atoms with E-state index in [1.807, 2.05) is 0 Å². The highest BCUT2D eigenvalue weighted by Crippen LogP contribution is 2.25. The Bertz CT molecular complexity index is 137. The van der Waals surface area contributed by atoms with Crippen molar-refractivity contribution in [2.75, 3.05) is 27.7 Å². The number of nitrogens with zero attached hydrogens (tertiary/aromatic N) is 1. The van der Waals surface area contributed by atoms with E-state index in [1.165, 1.54) is 45.1 Å². The van der Waals surface area contributed by atoms with E-state index in [2.05, 4.69) is 31.4 Å². The van der Waals surface area contributed by atoms with Gasteiger partial charge in [0.15, 0.2) is 0 Å². The van der Waals surface area contributed by atoms with E-state index >= 15 is 0 Å². The van der Waals surface area contributed by atoms with Gasteiger partial charge in [0.1, 0.15) is 0 Å². The zero-order valence-corrected chi connectivity index (χ0v) is 10.1. The summed E-state index contributed by atoms with van der Waals surface area (Å²) in [5.74, 6) is 0.907. The lowest BCUT2D eigenvalue weighted by Crippen LogP contribution is -2.41. The Balaban J connectivity index is 2.40. The molecular formula is C12H26N2. The molecule has 1 N–H and O–H groups in total. The molecule has 0 aromatic carbocycles. The zero-order chi connectivity index (χ0) is 10.4. The lowest BCUT2D eigenvalue weighted by atomic mass is 9.91. The van der Waals surface area contributed by atoms with E-state index in [1.54, 1.807) is 0 Å². The van der Waals surface area contributed by atoms with E-state index in [0.717, 1.165) is 5.92 Å². The van der Waals surface area contributed by atoms with Crippen molar-refractivity contribution < 1.29 is 0 Å². The molecule has 0 aromatic heterocycles. The SMILES string of the molecule is CNC(CN(C)C)C1CCCCCC1. The van der Waals surface area contributed by atoms with Gasteiger partial charge in [0.25, 0.3) is 0 Å². The van der Waals surface area contributed by atoms with Crippen LogP contribution in [0.15, 0.2) is 0 Å². The minimum atomic E-state index is 0.697. The number of likely N-dealkylation sites (N-methyl/N-ethyl adjacent to an activating group) is 2. The van der Waals surface area contributed by atoms with Gasteiger partial charge in [-0.25, -0.2) is 0 Å². The Kier molecular flexibility index (Phi) is 5.49. The van der Waals surface area contributed by atoms with Crippen molar-refractivity contribution in [1.82, 2.24) is 10.2 Å². The fraction of sp³-hybridized carbons (Fsp3) is 1.00. The topological polar surface area (TPSA) is 15.3 Å². The van der Waals surface area contributed by atoms with Gasteiger partial charge in [-0.15, -0.1) is 0 Å². The van der Waals surface area contributed by atoms with Gasteiger partial charge in [0.05, 0.1) is 0 Å². The largest absolute Gasteiger partial charge is 0.315 e. The average molecular weight is 198 g/mol. The van der Waals surface area contributed by atoms with Gasteiger partial charge in [-0.3, -0.25) is 0 Å². The molecule has 2 heteroatoms. The monoisotopic (exact) mass is 198 g/mol. The highest BCUT2D eigenvalue weighted by Gasteiger charge is 2.21. The third-order valence-corrected chi connectivity index (χ3v) is 3.40. The molecule has 1 unspecified atom stereocenters. The molecule has 1 aliphatic rings. The van der Waals surface area contributed by atoms with Crippen LogP contribution in [0.4, 0.5) is 0 Å². The third kappa shape index (κ3) is 3.97. The van der Waals surface area contributed by atoms with Crippen molar-refractivity contribution in [1.29, 1.82) is 0 Å². The van der Waals surface area contributed by atoms with Gasteiger partial charge in [-0.05, 0) is 39.9 Å². The number of nitrogens with one attached hydrogen (secondary N) is 1. The first-order chi connectivity index (χ1) is 6.74. The predicted octanol–water partition coefficient (Wildman–Crippen LogP) is 2.11.